The van der Waals surface area contributed by atoms with E-state index in [1.807, 2.05) is 25.1 Å². The predicted molar refractivity (Wildman–Crippen MR) is 85.6 cm³/mol. The second-order valence-electron chi connectivity index (χ2n) is 5.00. The van der Waals surface area contributed by atoms with E-state index >= 15 is 0 Å². The van der Waals surface area contributed by atoms with E-state index in [2.05, 4.69) is 32.5 Å². The van der Waals surface area contributed by atoms with Gasteiger partial charge >= 0.3 is 0 Å². The van der Waals surface area contributed by atoms with E-state index in [0.717, 1.165) is 24.2 Å². The Balaban J connectivity index is 2.01. The lowest BCUT2D eigenvalue weighted by molar-refractivity contribution is 0.0948. The number of nitrogens with zero attached hydrogens (tertiary/aromatic N) is 3. The Morgan fingerprint density at radius 3 is 2.86 bits per heavy atom. The maximum Gasteiger partial charge on any atom is 0.270 e. The molecule has 6 nitrogen and oxygen atoms in total. The number of amides is 1. The van der Waals surface area contributed by atoms with Crippen molar-refractivity contribution in [1.82, 2.24) is 20.3 Å². The molecule has 22 heavy (non-hydrogen) atoms. The molecule has 0 aliphatic rings. The van der Waals surface area contributed by atoms with Crippen molar-refractivity contribution in [3.8, 4) is 0 Å². The van der Waals surface area contributed by atoms with Gasteiger partial charge in [0, 0.05) is 18.4 Å². The highest BCUT2D eigenvalue weighted by atomic mass is 16.1. The zero-order chi connectivity index (χ0) is 15.8. The van der Waals surface area contributed by atoms with Crippen LogP contribution in [0.4, 0.5) is 5.95 Å². The molecule has 0 unspecified atom stereocenters. The summed E-state index contributed by atoms with van der Waals surface area (Å²) in [6.07, 6.45) is 3.74. The van der Waals surface area contributed by atoms with Crippen LogP contribution < -0.4 is 10.6 Å². The summed E-state index contributed by atoms with van der Waals surface area (Å²) in [4.78, 5) is 24.8. The first-order chi connectivity index (χ1) is 10.7. The molecule has 2 heterocycles. The highest BCUT2D eigenvalue weighted by Gasteiger charge is 2.10. The predicted octanol–water partition coefficient (Wildman–Crippen LogP) is 2.32. The molecule has 0 atom stereocenters. The molecule has 2 N–H and O–H groups in total. The number of pyridine rings is 1. The molecule has 0 aliphatic heterocycles. The minimum Gasteiger partial charge on any atom is -0.351 e. The highest BCUT2D eigenvalue weighted by molar-refractivity contribution is 5.92. The number of unbranched alkanes of at least 4 members (excludes halogenated alkanes) is 1. The molecule has 6 heteroatoms. The highest BCUT2D eigenvalue weighted by Crippen LogP contribution is 2.06. The van der Waals surface area contributed by atoms with Crippen LogP contribution in [0.25, 0.3) is 0 Å². The van der Waals surface area contributed by atoms with E-state index in [0.29, 0.717) is 24.7 Å². The summed E-state index contributed by atoms with van der Waals surface area (Å²) in [7, 11) is 0. The number of nitrogens with one attached hydrogen (secondary N) is 2. The van der Waals surface area contributed by atoms with Crippen molar-refractivity contribution < 1.29 is 4.79 Å². The molecule has 2 rings (SSSR count). The monoisotopic (exact) mass is 299 g/mol. The van der Waals surface area contributed by atoms with Crippen LogP contribution in [0.5, 0.6) is 0 Å². The Morgan fingerprint density at radius 1 is 1.27 bits per heavy atom. The fraction of sp³-hybridized carbons (Fsp3) is 0.375. The number of aryl methyl sites for hydroxylation is 1. The summed E-state index contributed by atoms with van der Waals surface area (Å²) in [5.74, 6) is 0.270. The third-order valence-corrected chi connectivity index (χ3v) is 3.06. The molecule has 116 valence electrons. The van der Waals surface area contributed by atoms with Gasteiger partial charge in [-0.05, 0) is 31.5 Å². The summed E-state index contributed by atoms with van der Waals surface area (Å²) in [6, 6.07) is 7.40. The average Bonchev–Trinajstić information content (AvgIpc) is 2.53. The second kappa shape index (κ2) is 8.07. The van der Waals surface area contributed by atoms with Crippen LogP contribution >= 0.6 is 0 Å². The van der Waals surface area contributed by atoms with Gasteiger partial charge in [-0.25, -0.2) is 9.97 Å². The van der Waals surface area contributed by atoms with Crippen LogP contribution in [-0.2, 0) is 6.54 Å². The molecule has 0 radical (unpaired) electrons. The molecule has 2 aromatic rings. The molecule has 0 saturated heterocycles. The van der Waals surface area contributed by atoms with Crippen LogP contribution in [0, 0.1) is 6.92 Å². The quantitative estimate of drug-likeness (QED) is 0.767. The number of hydrogen-bond donors (Lipinski definition) is 2. The first kappa shape index (κ1) is 15.9. The van der Waals surface area contributed by atoms with Gasteiger partial charge in [0.2, 0.25) is 5.95 Å². The first-order valence-electron chi connectivity index (χ1n) is 7.46. The summed E-state index contributed by atoms with van der Waals surface area (Å²) in [6.45, 7) is 5.10. The SMILES string of the molecule is CCCCNC(=O)c1cc(C)nc(NCc2ccccn2)n1. The van der Waals surface area contributed by atoms with Crippen molar-refractivity contribution in [3.05, 3.63) is 47.5 Å². The average molecular weight is 299 g/mol. The number of anilines is 1. The van der Waals surface area contributed by atoms with Crippen LogP contribution in [0.15, 0.2) is 30.5 Å². The smallest absolute Gasteiger partial charge is 0.270 e. The maximum absolute atomic E-state index is 12.1. The van der Waals surface area contributed by atoms with E-state index in [1.54, 1.807) is 12.3 Å². The number of carbonyl (C=O) groups is 1. The topological polar surface area (TPSA) is 79.8 Å². The van der Waals surface area contributed by atoms with Crippen molar-refractivity contribution >= 4 is 11.9 Å². The van der Waals surface area contributed by atoms with E-state index in [9.17, 15) is 4.79 Å². The van der Waals surface area contributed by atoms with Crippen LogP contribution in [-0.4, -0.2) is 27.4 Å². The Hall–Kier alpha value is -2.50. The van der Waals surface area contributed by atoms with Gasteiger partial charge in [-0.1, -0.05) is 19.4 Å². The number of carbonyl (C=O) groups excluding carboxylic acids is 1. The number of aromatic nitrogens is 3. The second-order valence-corrected chi connectivity index (χ2v) is 5.00. The lowest BCUT2D eigenvalue weighted by atomic mass is 10.3. The van der Waals surface area contributed by atoms with Gasteiger partial charge in [-0.3, -0.25) is 9.78 Å². The van der Waals surface area contributed by atoms with Crippen molar-refractivity contribution in [1.29, 1.82) is 0 Å². The fourth-order valence-electron chi connectivity index (χ4n) is 1.91. The van der Waals surface area contributed by atoms with Crippen molar-refractivity contribution in [2.75, 3.05) is 11.9 Å². The normalized spacial score (nSPS) is 10.3. The van der Waals surface area contributed by atoms with E-state index in [-0.39, 0.29) is 5.91 Å². The standard InChI is InChI=1S/C16H21N5O/c1-3-4-8-18-15(22)14-10-12(2)20-16(21-14)19-11-13-7-5-6-9-17-13/h5-7,9-10H,3-4,8,11H2,1-2H3,(H,18,22)(H,19,20,21). The Labute approximate surface area is 130 Å². The molecule has 0 bridgehead atoms. The lowest BCUT2D eigenvalue weighted by Crippen LogP contribution is -2.26. The van der Waals surface area contributed by atoms with Crippen LogP contribution in [0.3, 0.4) is 0 Å². The van der Waals surface area contributed by atoms with Crippen molar-refractivity contribution in [2.24, 2.45) is 0 Å². The van der Waals surface area contributed by atoms with E-state index < -0.39 is 0 Å². The van der Waals surface area contributed by atoms with Gasteiger partial charge < -0.3 is 10.6 Å². The molecular weight excluding hydrogens is 278 g/mol. The minimum atomic E-state index is -0.167. The zero-order valence-electron chi connectivity index (χ0n) is 13.0. The van der Waals surface area contributed by atoms with E-state index in [1.165, 1.54) is 0 Å². The van der Waals surface area contributed by atoms with Crippen molar-refractivity contribution in [3.63, 3.8) is 0 Å². The maximum atomic E-state index is 12.1. The third-order valence-electron chi connectivity index (χ3n) is 3.06. The van der Waals surface area contributed by atoms with Gasteiger partial charge in [0.1, 0.15) is 5.69 Å². The van der Waals surface area contributed by atoms with Gasteiger partial charge in [-0.15, -0.1) is 0 Å². The van der Waals surface area contributed by atoms with Crippen LogP contribution in [0.1, 0.15) is 41.6 Å². The fourth-order valence-corrected chi connectivity index (χ4v) is 1.91. The molecular formula is C16H21N5O. The lowest BCUT2D eigenvalue weighted by Gasteiger charge is -2.08. The summed E-state index contributed by atoms with van der Waals surface area (Å²) < 4.78 is 0. The molecule has 1 amide bonds. The Morgan fingerprint density at radius 2 is 2.14 bits per heavy atom. The summed E-state index contributed by atoms with van der Waals surface area (Å²) in [5.41, 5.74) is 2.02. The zero-order valence-corrected chi connectivity index (χ0v) is 13.0. The van der Waals surface area contributed by atoms with E-state index in [4.69, 9.17) is 0 Å². The van der Waals surface area contributed by atoms with Crippen molar-refractivity contribution in [2.45, 2.75) is 33.2 Å². The Bertz CT molecular complexity index is 615. The van der Waals surface area contributed by atoms with Gasteiger partial charge in [0.25, 0.3) is 5.91 Å². The number of rotatable bonds is 7. The minimum absolute atomic E-state index is 0.167. The molecule has 0 saturated carbocycles. The first-order valence-corrected chi connectivity index (χ1v) is 7.46. The summed E-state index contributed by atoms with van der Waals surface area (Å²) >= 11 is 0. The summed E-state index contributed by atoms with van der Waals surface area (Å²) in [5, 5.41) is 5.96. The molecule has 2 aromatic heterocycles. The molecule has 0 aliphatic carbocycles. The molecule has 0 spiro atoms. The number of hydrogen-bond acceptors (Lipinski definition) is 5. The van der Waals surface area contributed by atoms with Gasteiger partial charge in [0.15, 0.2) is 0 Å². The molecule has 0 aromatic carbocycles. The Kier molecular flexibility index (Phi) is 5.82. The van der Waals surface area contributed by atoms with Gasteiger partial charge in [0.05, 0.1) is 12.2 Å². The van der Waals surface area contributed by atoms with Gasteiger partial charge in [-0.2, -0.15) is 0 Å². The third kappa shape index (κ3) is 4.80. The van der Waals surface area contributed by atoms with Crippen LogP contribution in [0.2, 0.25) is 0 Å². The molecule has 0 fully saturated rings. The largest absolute Gasteiger partial charge is 0.351 e.